The number of carboxylic acid groups (broad SMARTS) is 6. The van der Waals surface area contributed by atoms with Gasteiger partial charge in [0.15, 0.2) is 0 Å². The number of aromatic amines is 4. The van der Waals surface area contributed by atoms with Crippen LogP contribution in [0, 0.1) is 11.8 Å². The number of nitrogens with zero attached hydrogens (tertiary/aromatic N) is 2. The summed E-state index contributed by atoms with van der Waals surface area (Å²) in [6, 6.07) is 7.38. The minimum Gasteiger partial charge on any atom is -0.481 e. The Bertz CT molecular complexity index is 5580. The number of aliphatic carboxylic acids is 6. The Labute approximate surface area is 756 Å². The number of para-hydroxylation sites is 4. The van der Waals surface area contributed by atoms with Crippen LogP contribution in [0.2, 0.25) is 0 Å². The first-order valence-corrected chi connectivity index (χ1v) is 43.9. The summed E-state index contributed by atoms with van der Waals surface area (Å²) in [5, 5.41) is 86.8. The van der Waals surface area contributed by atoms with Gasteiger partial charge in [0.1, 0.15) is 72.5 Å². The second kappa shape index (κ2) is 46.6. The van der Waals surface area contributed by atoms with Crippen molar-refractivity contribution in [3.63, 3.8) is 0 Å². The van der Waals surface area contributed by atoms with Crippen LogP contribution in [0.5, 0.6) is 0 Å². The van der Waals surface area contributed by atoms with Gasteiger partial charge >= 0.3 is 35.8 Å². The Kier molecular flexibility index (Phi) is 35.2. The van der Waals surface area contributed by atoms with Gasteiger partial charge in [0.05, 0.1) is 6.04 Å². The summed E-state index contributed by atoms with van der Waals surface area (Å²) in [6.45, 7) is 6.90. The van der Waals surface area contributed by atoms with Gasteiger partial charge in [-0.25, -0.2) is 4.79 Å². The first-order chi connectivity index (χ1) is 62.9. The molecule has 14 atom stereocenters. The molecule has 12 amide bonds. The molecular formula is C91H113N17O24. The lowest BCUT2D eigenvalue weighted by Gasteiger charge is -2.32. The number of carbonyl (C=O) groups is 18. The van der Waals surface area contributed by atoms with Gasteiger partial charge in [-0.15, -0.1) is 0 Å². The summed E-state index contributed by atoms with van der Waals surface area (Å²) < 4.78 is 0. The number of carboxylic acids is 6. The molecule has 41 heteroatoms. The van der Waals surface area contributed by atoms with Gasteiger partial charge in [-0.1, -0.05) is 107 Å². The van der Waals surface area contributed by atoms with Gasteiger partial charge in [0.2, 0.25) is 70.9 Å². The van der Waals surface area contributed by atoms with Gasteiger partial charge in [-0.3, -0.25) is 81.5 Å². The van der Waals surface area contributed by atoms with Crippen LogP contribution < -0.4 is 58.9 Å². The molecule has 0 saturated carbocycles. The highest BCUT2D eigenvalue weighted by atomic mass is 16.4. The van der Waals surface area contributed by atoms with Gasteiger partial charge < -0.3 is 119 Å². The molecule has 0 aliphatic carbocycles. The van der Waals surface area contributed by atoms with Crippen LogP contribution >= 0.6 is 0 Å². The maximum Gasteiger partial charge on any atom is 0.326 e. The zero-order valence-electron chi connectivity index (χ0n) is 73.3. The minimum absolute atomic E-state index is 0.0145. The fraction of sp³-hybridized carbons (Fsp3) is 0.451. The van der Waals surface area contributed by atoms with Crippen molar-refractivity contribution in [1.82, 2.24) is 82.9 Å². The van der Waals surface area contributed by atoms with Gasteiger partial charge in [0.25, 0.3) is 0 Å². The third-order valence-electron chi connectivity index (χ3n) is 23.8. The van der Waals surface area contributed by atoms with E-state index < -0.39 is 249 Å². The van der Waals surface area contributed by atoms with Gasteiger partial charge in [-0.2, -0.15) is 0 Å². The van der Waals surface area contributed by atoms with E-state index in [9.17, 15) is 83.4 Å². The fourth-order valence-corrected chi connectivity index (χ4v) is 16.5. The maximum atomic E-state index is 16.0. The molecule has 22 N–H and O–H groups in total. The van der Waals surface area contributed by atoms with Crippen LogP contribution in [0.3, 0.4) is 0 Å². The second-order valence-corrected chi connectivity index (χ2v) is 33.8. The Balaban J connectivity index is 0.936. The fourth-order valence-electron chi connectivity index (χ4n) is 16.5. The number of amides is 12. The Hall–Kier alpha value is -14.5. The number of nitrogens with two attached hydrogens (primary N) is 1. The molecule has 2 aliphatic heterocycles. The molecule has 0 radical (unpaired) electrons. The lowest BCUT2D eigenvalue weighted by molar-refractivity contribution is -0.144. The van der Waals surface area contributed by atoms with Crippen LogP contribution in [0.4, 0.5) is 0 Å². The molecule has 4 aromatic carbocycles. The highest BCUT2D eigenvalue weighted by Gasteiger charge is 2.45. The van der Waals surface area contributed by atoms with Crippen LogP contribution in [0.15, 0.2) is 122 Å². The third kappa shape index (κ3) is 27.1. The number of likely N-dealkylation sites (tertiary alicyclic amines) is 2. The quantitative estimate of drug-likeness (QED) is 0.0260. The number of carbonyl (C=O) groups excluding carboxylic acids is 12. The Morgan fingerprint density at radius 2 is 0.606 bits per heavy atom. The van der Waals surface area contributed by atoms with E-state index in [2.05, 4.69) is 73.1 Å². The Morgan fingerprint density at radius 1 is 0.348 bits per heavy atom. The zero-order chi connectivity index (χ0) is 95.7. The maximum absolute atomic E-state index is 16.0. The van der Waals surface area contributed by atoms with Crippen molar-refractivity contribution < 1.29 is 117 Å². The molecule has 0 spiro atoms. The van der Waals surface area contributed by atoms with E-state index in [1.165, 1.54) is 9.80 Å². The van der Waals surface area contributed by atoms with Gasteiger partial charge in [-0.05, 0) is 123 Å². The molecular weight excluding hydrogens is 1720 g/mol. The predicted octanol–water partition coefficient (Wildman–Crippen LogP) is 2.54. The number of H-pyrrole nitrogens is 4. The number of hydrogen-bond donors (Lipinski definition) is 21. The molecule has 2 fully saturated rings. The number of benzene rings is 4. The summed E-state index contributed by atoms with van der Waals surface area (Å²) in [6.07, 6.45) is -0.735. The monoisotopic (exact) mass is 1830 g/mol. The summed E-state index contributed by atoms with van der Waals surface area (Å²) in [4.78, 5) is 266. The average molecular weight is 1830 g/mol. The molecule has 41 nitrogen and oxygen atoms in total. The van der Waals surface area contributed by atoms with Crippen LogP contribution in [0.25, 0.3) is 43.6 Å². The molecule has 6 heterocycles. The van der Waals surface area contributed by atoms with E-state index in [-0.39, 0.29) is 82.7 Å². The molecule has 706 valence electrons. The molecule has 10 rings (SSSR count). The second-order valence-electron chi connectivity index (χ2n) is 33.8. The molecule has 4 aromatic heterocycles. The smallest absolute Gasteiger partial charge is 0.326 e. The largest absolute Gasteiger partial charge is 0.481 e. The molecule has 0 unspecified atom stereocenters. The van der Waals surface area contributed by atoms with Crippen molar-refractivity contribution >= 4 is 150 Å². The van der Waals surface area contributed by atoms with Crippen molar-refractivity contribution in [3.8, 4) is 0 Å². The topological polar surface area (TPSA) is 645 Å². The normalized spacial score (nSPS) is 16.5. The summed E-state index contributed by atoms with van der Waals surface area (Å²) in [5.74, 6) is -21.1. The molecule has 0 bridgehead atoms. The number of nitrogens with one attached hydrogen (secondary N) is 14. The lowest BCUT2D eigenvalue weighted by Crippen LogP contribution is -2.61. The highest BCUT2D eigenvalue weighted by molar-refractivity contribution is 6.02. The van der Waals surface area contributed by atoms with Crippen LogP contribution in [-0.4, -0.2) is 259 Å². The standard InChI is InChI=1S/C91H113N17O24/c1-5-48(4)78(92)88(128)104-66(38-47(2)3)83(123)99-61(26-31-73(109)110)79(119)98-64(29-34-76(115)116)82(122)105-69(41-51-45-95-59-22-12-8-18-55(51)59)89(129)107-36-14-25-72(107)87(127)103-68(40-50-44-94-58-21-11-7-17-54(50)58)85(125)106-70(42-52-46-96-60-23-13-9-19-56(52)60)90(130)108-37-15-24-71(108)86(126)102-67(39-49-43-93-57-20-10-6-16-53(49)57)84(124)100-62(27-32-74(111)112)80(120)97-63(28-33-75(113)114)81(121)101-65(91(131)132)30-35-77(117)118/h6-13,16-23,43-48,61-72,78,93-96H,5,14-15,24-42,92H2,1-4H3,(H,97,120)(H,98,119)(H,99,123)(H,100,124)(H,101,121)(H,102,126)(H,103,127)(H,104,128)(H,105,122)(H,106,125)(H,109,110)(H,111,112)(H,113,114)(H,115,116)(H,117,118)(H,131,132)/t48-,61-,62-,63-,64-,65-,66-,67-,68-,69-,70-,71-,72-,78-/m0/s1. The van der Waals surface area contributed by atoms with Crippen molar-refractivity contribution in [2.24, 2.45) is 17.6 Å². The highest BCUT2D eigenvalue weighted by Crippen LogP contribution is 2.29. The van der Waals surface area contributed by atoms with Crippen molar-refractivity contribution in [2.75, 3.05) is 13.1 Å². The lowest BCUT2D eigenvalue weighted by atomic mass is 9.97. The predicted molar refractivity (Wildman–Crippen MR) is 476 cm³/mol. The van der Waals surface area contributed by atoms with Crippen LogP contribution in [-0.2, 0) is 112 Å². The van der Waals surface area contributed by atoms with E-state index >= 15 is 33.6 Å². The summed E-state index contributed by atoms with van der Waals surface area (Å²) in [7, 11) is 0. The zero-order valence-corrected chi connectivity index (χ0v) is 73.3. The Morgan fingerprint density at radius 3 is 0.894 bits per heavy atom. The number of rotatable bonds is 50. The first-order valence-electron chi connectivity index (χ1n) is 43.9. The summed E-state index contributed by atoms with van der Waals surface area (Å²) >= 11 is 0. The van der Waals surface area contributed by atoms with Crippen LogP contribution in [0.1, 0.15) is 153 Å². The third-order valence-corrected chi connectivity index (χ3v) is 23.8. The molecule has 8 aromatic rings. The number of hydrogen-bond acceptors (Lipinski definition) is 19. The molecule has 2 saturated heterocycles. The molecule has 132 heavy (non-hydrogen) atoms. The van der Waals surface area contributed by atoms with Gasteiger partial charge in [0, 0.05) is 139 Å². The molecule has 2 aliphatic rings. The minimum atomic E-state index is -1.87. The van der Waals surface area contributed by atoms with E-state index in [4.69, 9.17) is 5.73 Å². The summed E-state index contributed by atoms with van der Waals surface area (Å²) in [5.41, 5.74) is 10.7. The van der Waals surface area contributed by atoms with Crippen molar-refractivity contribution in [3.05, 3.63) is 144 Å². The van der Waals surface area contributed by atoms with E-state index in [0.29, 0.717) is 72.3 Å². The number of aromatic nitrogens is 4. The average Bonchev–Trinajstić information content (AvgIpc) is 1.69. The van der Waals surface area contributed by atoms with E-state index in [1.807, 2.05) is 6.92 Å². The van der Waals surface area contributed by atoms with Crippen molar-refractivity contribution in [1.29, 1.82) is 0 Å². The van der Waals surface area contributed by atoms with E-state index in [0.717, 1.165) is 0 Å². The number of fused-ring (bicyclic) bond motifs is 4. The SMILES string of the molecule is CC[C@H](C)[C@H](N)C(=O)N[C@@H](CC(C)C)C(=O)N[C@@H](CCC(=O)O)C(=O)N[C@@H](CCC(=O)O)C(=O)N[C@@H](Cc1c[nH]c2ccccc12)C(=O)N1CCC[C@H]1C(=O)N[C@@H](Cc1c[nH]c2ccccc12)C(=O)N[C@@H](Cc1c[nH]c2ccccc12)C(=O)N1CCC[C@H]1C(=O)N[C@@H](Cc1c[nH]c2ccccc12)C(=O)N[C@@H](CCC(=O)O)C(=O)N[C@@H](CCC(=O)O)C(=O)N[C@@H](CCC(=O)O)C(=O)O. The van der Waals surface area contributed by atoms with Crippen molar-refractivity contribution in [2.45, 2.75) is 235 Å². The first kappa shape index (κ1) is 99.6. The van der Waals surface area contributed by atoms with E-state index in [1.54, 1.807) is 143 Å².